The van der Waals surface area contributed by atoms with Crippen molar-refractivity contribution in [3.05, 3.63) is 29.8 Å². The van der Waals surface area contributed by atoms with Crippen LogP contribution in [-0.2, 0) is 4.74 Å². The first-order valence-electron chi connectivity index (χ1n) is 9.89. The van der Waals surface area contributed by atoms with Crippen molar-refractivity contribution >= 4 is 11.8 Å². The molecule has 1 N–H and O–H groups in total. The van der Waals surface area contributed by atoms with Crippen molar-refractivity contribution < 1.29 is 9.53 Å². The van der Waals surface area contributed by atoms with Gasteiger partial charge in [-0.15, -0.1) is 0 Å². The van der Waals surface area contributed by atoms with E-state index < -0.39 is 0 Å². The van der Waals surface area contributed by atoms with Crippen molar-refractivity contribution in [2.75, 3.05) is 31.6 Å². The molecule has 1 fully saturated rings. The van der Waals surface area contributed by atoms with Gasteiger partial charge in [0.2, 0.25) is 0 Å². The molecule has 0 aliphatic carbocycles. The summed E-state index contributed by atoms with van der Waals surface area (Å²) in [5, 5.41) is 3.55. The number of rotatable bonds is 8. The van der Waals surface area contributed by atoms with Crippen LogP contribution in [0.15, 0.2) is 24.3 Å². The molecule has 1 heterocycles. The van der Waals surface area contributed by atoms with E-state index in [4.69, 9.17) is 4.74 Å². The molecule has 0 bridgehead atoms. The Morgan fingerprint density at radius 2 is 1.92 bits per heavy atom. The number of likely N-dealkylation sites (tertiary alicyclic amines) is 1. The number of piperidine rings is 1. The van der Waals surface area contributed by atoms with Crippen LogP contribution in [0.25, 0.3) is 0 Å². The van der Waals surface area contributed by atoms with Crippen molar-refractivity contribution in [1.29, 1.82) is 0 Å². The predicted molar refractivity (Wildman–Crippen MR) is 104 cm³/mol. The SMILES string of the molecule is CCCCOC(=O)N1CCC(CNc2ccc(C(C)CC)cc2)CC1. The number of amides is 1. The van der Waals surface area contributed by atoms with Crippen molar-refractivity contribution in [3.63, 3.8) is 0 Å². The molecule has 0 radical (unpaired) electrons. The second-order valence-electron chi connectivity index (χ2n) is 7.21. The van der Waals surface area contributed by atoms with Crippen LogP contribution in [0.1, 0.15) is 64.4 Å². The van der Waals surface area contributed by atoms with Gasteiger partial charge in [0.1, 0.15) is 0 Å². The summed E-state index contributed by atoms with van der Waals surface area (Å²) in [6.07, 6.45) is 5.12. The zero-order chi connectivity index (χ0) is 18.1. The second-order valence-corrected chi connectivity index (χ2v) is 7.21. The fraction of sp³-hybridized carbons (Fsp3) is 0.667. The van der Waals surface area contributed by atoms with Gasteiger partial charge < -0.3 is 15.0 Å². The van der Waals surface area contributed by atoms with Gasteiger partial charge in [-0.2, -0.15) is 0 Å². The maximum atomic E-state index is 12.0. The lowest BCUT2D eigenvalue weighted by Crippen LogP contribution is -2.40. The first-order chi connectivity index (χ1) is 12.1. The monoisotopic (exact) mass is 346 g/mol. The third kappa shape index (κ3) is 6.26. The van der Waals surface area contributed by atoms with E-state index in [9.17, 15) is 4.79 Å². The summed E-state index contributed by atoms with van der Waals surface area (Å²) in [6, 6.07) is 8.82. The van der Waals surface area contributed by atoms with Crippen LogP contribution in [0.3, 0.4) is 0 Å². The van der Waals surface area contributed by atoms with E-state index in [-0.39, 0.29) is 6.09 Å². The summed E-state index contributed by atoms with van der Waals surface area (Å²) in [4.78, 5) is 13.8. The molecule has 1 aromatic carbocycles. The Kier molecular flexibility index (Phi) is 8.10. The normalized spacial score (nSPS) is 16.5. The maximum Gasteiger partial charge on any atom is 0.409 e. The number of hydrogen-bond acceptors (Lipinski definition) is 3. The standard InChI is InChI=1S/C21H34N2O2/c1-4-6-15-25-21(24)23-13-11-18(12-14-23)16-22-20-9-7-19(8-10-20)17(3)5-2/h7-10,17-18,22H,4-6,11-16H2,1-3H3. The third-order valence-corrected chi connectivity index (χ3v) is 5.28. The summed E-state index contributed by atoms with van der Waals surface area (Å²) in [6.45, 7) is 9.73. The Labute approximate surface area is 152 Å². The van der Waals surface area contributed by atoms with Crippen LogP contribution in [0.4, 0.5) is 10.5 Å². The Balaban J connectivity index is 1.69. The zero-order valence-electron chi connectivity index (χ0n) is 16.1. The fourth-order valence-electron chi connectivity index (χ4n) is 3.14. The number of carbonyl (C=O) groups excluding carboxylic acids is 1. The number of benzene rings is 1. The minimum Gasteiger partial charge on any atom is -0.449 e. The molecule has 1 aliphatic heterocycles. The third-order valence-electron chi connectivity index (χ3n) is 5.28. The summed E-state index contributed by atoms with van der Waals surface area (Å²) in [5.41, 5.74) is 2.59. The van der Waals surface area contributed by atoms with Crippen LogP contribution >= 0.6 is 0 Å². The average molecular weight is 347 g/mol. The van der Waals surface area contributed by atoms with Crippen molar-refractivity contribution in [1.82, 2.24) is 4.90 Å². The molecule has 0 aromatic heterocycles. The molecule has 1 saturated heterocycles. The molecule has 1 atom stereocenters. The second kappa shape index (κ2) is 10.3. The van der Waals surface area contributed by atoms with Gasteiger partial charge in [0.25, 0.3) is 0 Å². The molecular weight excluding hydrogens is 312 g/mol. The van der Waals surface area contributed by atoms with Gasteiger partial charge in [-0.25, -0.2) is 4.79 Å². The Hall–Kier alpha value is -1.71. The average Bonchev–Trinajstić information content (AvgIpc) is 2.66. The van der Waals surface area contributed by atoms with E-state index in [1.54, 1.807) is 0 Å². The quantitative estimate of drug-likeness (QED) is 0.653. The van der Waals surface area contributed by atoms with Crippen LogP contribution in [0.2, 0.25) is 0 Å². The number of anilines is 1. The lowest BCUT2D eigenvalue weighted by atomic mass is 9.96. The number of unbranched alkanes of at least 4 members (excludes halogenated alkanes) is 1. The predicted octanol–water partition coefficient (Wildman–Crippen LogP) is 5.26. The van der Waals surface area contributed by atoms with Gasteiger partial charge in [0, 0.05) is 25.3 Å². The fourth-order valence-corrected chi connectivity index (χ4v) is 3.14. The number of hydrogen-bond donors (Lipinski definition) is 1. The lowest BCUT2D eigenvalue weighted by molar-refractivity contribution is 0.0877. The van der Waals surface area contributed by atoms with Gasteiger partial charge in [0.05, 0.1) is 6.61 Å². The summed E-state index contributed by atoms with van der Waals surface area (Å²) in [5.74, 6) is 1.24. The van der Waals surface area contributed by atoms with Crippen molar-refractivity contribution in [2.45, 2.75) is 58.8 Å². The summed E-state index contributed by atoms with van der Waals surface area (Å²) >= 11 is 0. The van der Waals surface area contributed by atoms with Gasteiger partial charge in [-0.05, 0) is 55.2 Å². The largest absolute Gasteiger partial charge is 0.449 e. The molecule has 4 heteroatoms. The Morgan fingerprint density at radius 3 is 2.52 bits per heavy atom. The molecule has 140 valence electrons. The van der Waals surface area contributed by atoms with Crippen molar-refractivity contribution in [3.8, 4) is 0 Å². The van der Waals surface area contributed by atoms with E-state index in [0.717, 1.165) is 45.3 Å². The smallest absolute Gasteiger partial charge is 0.409 e. The first kappa shape index (κ1) is 19.6. The van der Waals surface area contributed by atoms with E-state index in [1.165, 1.54) is 17.7 Å². The highest BCUT2D eigenvalue weighted by molar-refractivity contribution is 5.67. The molecule has 1 amide bonds. The number of carbonyl (C=O) groups is 1. The molecule has 1 unspecified atom stereocenters. The molecular formula is C21H34N2O2. The highest BCUT2D eigenvalue weighted by atomic mass is 16.6. The molecule has 0 saturated carbocycles. The van der Waals surface area contributed by atoms with Crippen LogP contribution in [0.5, 0.6) is 0 Å². The van der Waals surface area contributed by atoms with E-state index in [1.807, 2.05) is 4.90 Å². The Bertz CT molecular complexity index is 507. The van der Waals surface area contributed by atoms with E-state index >= 15 is 0 Å². The highest BCUT2D eigenvalue weighted by Gasteiger charge is 2.23. The number of nitrogens with zero attached hydrogens (tertiary/aromatic N) is 1. The molecule has 2 rings (SSSR count). The highest BCUT2D eigenvalue weighted by Crippen LogP contribution is 2.22. The first-order valence-corrected chi connectivity index (χ1v) is 9.89. The van der Waals surface area contributed by atoms with E-state index in [2.05, 4.69) is 50.4 Å². The topological polar surface area (TPSA) is 41.6 Å². The van der Waals surface area contributed by atoms with Gasteiger partial charge in [-0.3, -0.25) is 0 Å². The molecule has 0 spiro atoms. The van der Waals surface area contributed by atoms with Crippen LogP contribution in [-0.4, -0.2) is 37.2 Å². The summed E-state index contributed by atoms with van der Waals surface area (Å²) in [7, 11) is 0. The van der Waals surface area contributed by atoms with Gasteiger partial charge in [0.15, 0.2) is 0 Å². The molecule has 4 nitrogen and oxygen atoms in total. The summed E-state index contributed by atoms with van der Waals surface area (Å²) < 4.78 is 5.30. The van der Waals surface area contributed by atoms with E-state index in [0.29, 0.717) is 18.4 Å². The minimum absolute atomic E-state index is 0.138. The molecule has 1 aliphatic rings. The van der Waals surface area contributed by atoms with Crippen molar-refractivity contribution in [2.24, 2.45) is 5.92 Å². The Morgan fingerprint density at radius 1 is 1.24 bits per heavy atom. The van der Waals surface area contributed by atoms with Gasteiger partial charge >= 0.3 is 6.09 Å². The number of nitrogens with one attached hydrogen (secondary N) is 1. The lowest BCUT2D eigenvalue weighted by Gasteiger charge is -2.31. The minimum atomic E-state index is -0.138. The van der Waals surface area contributed by atoms with Crippen LogP contribution < -0.4 is 5.32 Å². The van der Waals surface area contributed by atoms with Gasteiger partial charge in [-0.1, -0.05) is 39.3 Å². The maximum absolute atomic E-state index is 12.0. The number of ether oxygens (including phenoxy) is 1. The zero-order valence-corrected chi connectivity index (χ0v) is 16.1. The molecule has 25 heavy (non-hydrogen) atoms. The molecule has 1 aromatic rings. The van der Waals surface area contributed by atoms with Crippen LogP contribution in [0, 0.1) is 5.92 Å².